The first-order chi connectivity index (χ1) is 11.7. The largest absolute Gasteiger partial charge is 0.494 e. The van der Waals surface area contributed by atoms with Gasteiger partial charge in [-0.1, -0.05) is 25.5 Å². The highest BCUT2D eigenvalue weighted by Crippen LogP contribution is 2.13. The predicted octanol–water partition coefficient (Wildman–Crippen LogP) is 3.22. The van der Waals surface area contributed by atoms with E-state index < -0.39 is 0 Å². The average molecular weight is 384 g/mol. The lowest BCUT2D eigenvalue weighted by Gasteiger charge is -2.07. The van der Waals surface area contributed by atoms with Crippen LogP contribution in [0.2, 0.25) is 0 Å². The number of thiazole rings is 1. The van der Waals surface area contributed by atoms with Crippen molar-refractivity contribution in [3.8, 4) is 5.75 Å². The van der Waals surface area contributed by atoms with Crippen molar-refractivity contribution in [2.24, 2.45) is 5.73 Å². The standard InChI is InChI=1S/C18H25N3O2S.ClH/c1-2-3-12-23-15-6-4-14(5-7-15)9-11-20-18(22)16-13-24-17(21-16)8-10-19;/h4-7,13H,2-3,8-12,19H2,1H3,(H,20,22);1H. The Morgan fingerprint density at radius 2 is 2.04 bits per heavy atom. The number of nitrogens with zero attached hydrogens (tertiary/aromatic N) is 1. The number of ether oxygens (including phenoxy) is 1. The Bertz CT molecular complexity index is 632. The van der Waals surface area contributed by atoms with Crippen molar-refractivity contribution in [3.05, 3.63) is 45.9 Å². The molecule has 3 N–H and O–H groups in total. The van der Waals surface area contributed by atoms with E-state index in [9.17, 15) is 4.79 Å². The Morgan fingerprint density at radius 1 is 1.28 bits per heavy atom. The molecule has 7 heteroatoms. The van der Waals surface area contributed by atoms with Crippen LogP contribution in [-0.2, 0) is 12.8 Å². The number of hydrogen-bond donors (Lipinski definition) is 2. The van der Waals surface area contributed by atoms with Gasteiger partial charge in [-0.15, -0.1) is 23.7 Å². The van der Waals surface area contributed by atoms with Crippen LogP contribution in [0.15, 0.2) is 29.6 Å². The van der Waals surface area contributed by atoms with Crippen LogP contribution >= 0.6 is 23.7 Å². The summed E-state index contributed by atoms with van der Waals surface area (Å²) in [5, 5.41) is 5.59. The van der Waals surface area contributed by atoms with Crippen LogP contribution in [0.25, 0.3) is 0 Å². The fourth-order valence-electron chi connectivity index (χ4n) is 2.15. The van der Waals surface area contributed by atoms with Crippen molar-refractivity contribution in [2.75, 3.05) is 19.7 Å². The van der Waals surface area contributed by atoms with Gasteiger partial charge in [0.05, 0.1) is 11.6 Å². The number of unbranched alkanes of at least 4 members (excludes halogenated alkanes) is 1. The van der Waals surface area contributed by atoms with Gasteiger partial charge in [-0.25, -0.2) is 4.98 Å². The third-order valence-electron chi connectivity index (χ3n) is 3.53. The second kappa shape index (κ2) is 11.8. The molecule has 0 atom stereocenters. The second-order valence-electron chi connectivity index (χ2n) is 5.52. The van der Waals surface area contributed by atoms with Crippen molar-refractivity contribution >= 4 is 29.7 Å². The summed E-state index contributed by atoms with van der Waals surface area (Å²) in [6.45, 7) is 4.03. The number of hydrogen-bond acceptors (Lipinski definition) is 5. The van der Waals surface area contributed by atoms with Gasteiger partial charge in [0.15, 0.2) is 0 Å². The minimum atomic E-state index is -0.131. The van der Waals surface area contributed by atoms with Crippen LogP contribution in [0.1, 0.15) is 40.8 Å². The number of amides is 1. The maximum atomic E-state index is 12.0. The number of nitrogens with one attached hydrogen (secondary N) is 1. The van der Waals surface area contributed by atoms with E-state index in [-0.39, 0.29) is 18.3 Å². The third kappa shape index (κ3) is 7.42. The number of halogens is 1. The molecule has 5 nitrogen and oxygen atoms in total. The Labute approximate surface area is 159 Å². The van der Waals surface area contributed by atoms with Crippen LogP contribution < -0.4 is 15.8 Å². The van der Waals surface area contributed by atoms with Crippen LogP contribution in [0.4, 0.5) is 0 Å². The van der Waals surface area contributed by atoms with E-state index in [1.165, 1.54) is 16.9 Å². The van der Waals surface area contributed by atoms with E-state index in [2.05, 4.69) is 17.2 Å². The maximum Gasteiger partial charge on any atom is 0.270 e. The zero-order valence-corrected chi connectivity index (χ0v) is 16.1. The van der Waals surface area contributed by atoms with Gasteiger partial charge in [-0.3, -0.25) is 4.79 Å². The molecular weight excluding hydrogens is 358 g/mol. The maximum absolute atomic E-state index is 12.0. The van der Waals surface area contributed by atoms with Crippen molar-refractivity contribution in [2.45, 2.75) is 32.6 Å². The van der Waals surface area contributed by atoms with Crippen molar-refractivity contribution in [1.29, 1.82) is 0 Å². The summed E-state index contributed by atoms with van der Waals surface area (Å²) in [6.07, 6.45) is 3.69. The number of carbonyl (C=O) groups is 1. The fourth-order valence-corrected chi connectivity index (χ4v) is 2.95. The summed E-state index contributed by atoms with van der Waals surface area (Å²) in [5.41, 5.74) is 7.13. The number of benzene rings is 1. The van der Waals surface area contributed by atoms with Gasteiger partial charge in [0.1, 0.15) is 11.4 Å². The zero-order chi connectivity index (χ0) is 17.2. The molecule has 1 aromatic heterocycles. The first kappa shape index (κ1) is 21.4. The Balaban J connectivity index is 0.00000312. The number of rotatable bonds is 10. The van der Waals surface area contributed by atoms with E-state index in [0.29, 0.717) is 25.2 Å². The Kier molecular flexibility index (Phi) is 10.1. The highest BCUT2D eigenvalue weighted by atomic mass is 35.5. The summed E-state index contributed by atoms with van der Waals surface area (Å²) in [7, 11) is 0. The van der Waals surface area contributed by atoms with E-state index >= 15 is 0 Å². The zero-order valence-electron chi connectivity index (χ0n) is 14.5. The summed E-state index contributed by atoms with van der Waals surface area (Å²) < 4.78 is 5.64. The summed E-state index contributed by atoms with van der Waals surface area (Å²) in [5.74, 6) is 0.764. The van der Waals surface area contributed by atoms with Crippen LogP contribution in [0.3, 0.4) is 0 Å². The van der Waals surface area contributed by atoms with E-state index in [4.69, 9.17) is 10.5 Å². The van der Waals surface area contributed by atoms with Gasteiger partial charge in [0.2, 0.25) is 0 Å². The lowest BCUT2D eigenvalue weighted by atomic mass is 10.1. The molecule has 1 heterocycles. The Morgan fingerprint density at radius 3 is 2.72 bits per heavy atom. The smallest absolute Gasteiger partial charge is 0.270 e. The lowest BCUT2D eigenvalue weighted by Crippen LogP contribution is -2.26. The molecule has 138 valence electrons. The first-order valence-electron chi connectivity index (χ1n) is 8.37. The topological polar surface area (TPSA) is 77.2 Å². The van der Waals surface area contributed by atoms with Gasteiger partial charge >= 0.3 is 0 Å². The monoisotopic (exact) mass is 383 g/mol. The minimum Gasteiger partial charge on any atom is -0.494 e. The first-order valence-corrected chi connectivity index (χ1v) is 9.25. The highest BCUT2D eigenvalue weighted by Gasteiger charge is 2.09. The molecule has 0 aliphatic rings. The molecule has 1 aromatic carbocycles. The molecule has 1 amide bonds. The summed E-state index contributed by atoms with van der Waals surface area (Å²) >= 11 is 1.48. The molecule has 25 heavy (non-hydrogen) atoms. The van der Waals surface area contributed by atoms with Crippen molar-refractivity contribution in [3.63, 3.8) is 0 Å². The molecule has 2 aromatic rings. The number of carbonyl (C=O) groups excluding carboxylic acids is 1. The minimum absolute atomic E-state index is 0. The molecule has 0 spiro atoms. The molecule has 0 aliphatic carbocycles. The molecule has 0 aliphatic heterocycles. The molecule has 0 fully saturated rings. The average Bonchev–Trinajstić information content (AvgIpc) is 3.06. The number of aromatic nitrogens is 1. The van der Waals surface area contributed by atoms with E-state index in [1.54, 1.807) is 5.38 Å². The second-order valence-corrected chi connectivity index (χ2v) is 6.46. The Hall–Kier alpha value is -1.63. The number of nitrogens with two attached hydrogens (primary N) is 1. The van der Waals surface area contributed by atoms with Crippen LogP contribution in [0, 0.1) is 0 Å². The van der Waals surface area contributed by atoms with Gasteiger partial charge in [-0.2, -0.15) is 0 Å². The molecule has 0 unspecified atom stereocenters. The van der Waals surface area contributed by atoms with Gasteiger partial charge in [0, 0.05) is 18.3 Å². The summed E-state index contributed by atoms with van der Waals surface area (Å²) in [6, 6.07) is 8.03. The molecule has 0 bridgehead atoms. The normalized spacial score (nSPS) is 10.2. The SMILES string of the molecule is CCCCOc1ccc(CCNC(=O)c2csc(CCN)n2)cc1.Cl. The summed E-state index contributed by atoms with van der Waals surface area (Å²) in [4.78, 5) is 16.3. The molecule has 0 saturated carbocycles. The molecule has 2 rings (SSSR count). The molecular formula is C18H26ClN3O2S. The van der Waals surface area contributed by atoms with E-state index in [1.807, 2.05) is 24.3 Å². The van der Waals surface area contributed by atoms with Crippen molar-refractivity contribution < 1.29 is 9.53 Å². The molecule has 0 saturated heterocycles. The van der Waals surface area contributed by atoms with Gasteiger partial charge in [0.25, 0.3) is 5.91 Å². The molecule has 0 radical (unpaired) electrons. The van der Waals surface area contributed by atoms with E-state index in [0.717, 1.165) is 36.6 Å². The van der Waals surface area contributed by atoms with Gasteiger partial charge < -0.3 is 15.8 Å². The predicted molar refractivity (Wildman–Crippen MR) is 105 cm³/mol. The van der Waals surface area contributed by atoms with Gasteiger partial charge in [-0.05, 0) is 37.1 Å². The third-order valence-corrected chi connectivity index (χ3v) is 4.44. The quantitative estimate of drug-likeness (QED) is 0.617. The van der Waals surface area contributed by atoms with Crippen LogP contribution in [-0.4, -0.2) is 30.6 Å². The van der Waals surface area contributed by atoms with Crippen LogP contribution in [0.5, 0.6) is 5.75 Å². The lowest BCUT2D eigenvalue weighted by molar-refractivity contribution is 0.0949. The fraction of sp³-hybridized carbons (Fsp3) is 0.444. The highest BCUT2D eigenvalue weighted by molar-refractivity contribution is 7.09. The van der Waals surface area contributed by atoms with Crippen molar-refractivity contribution in [1.82, 2.24) is 10.3 Å².